The van der Waals surface area contributed by atoms with Gasteiger partial charge in [-0.1, -0.05) is 6.92 Å². The maximum absolute atomic E-state index is 4.36. The summed E-state index contributed by atoms with van der Waals surface area (Å²) < 4.78 is 1.99. The summed E-state index contributed by atoms with van der Waals surface area (Å²) in [7, 11) is 0. The number of nitrogens with one attached hydrogen (secondary N) is 1. The summed E-state index contributed by atoms with van der Waals surface area (Å²) in [5.41, 5.74) is 2.70. The number of rotatable bonds is 6. The maximum atomic E-state index is 4.36. The Morgan fingerprint density at radius 1 is 1.37 bits per heavy atom. The van der Waals surface area contributed by atoms with Crippen molar-refractivity contribution < 1.29 is 0 Å². The van der Waals surface area contributed by atoms with E-state index >= 15 is 0 Å². The van der Waals surface area contributed by atoms with Crippen LogP contribution in [0.1, 0.15) is 40.8 Å². The van der Waals surface area contributed by atoms with Crippen LogP contribution in [-0.4, -0.2) is 16.3 Å². The Labute approximate surface area is 119 Å². The normalized spacial score (nSPS) is 12.8. The van der Waals surface area contributed by atoms with Crippen molar-refractivity contribution in [3.8, 4) is 0 Å². The summed E-state index contributed by atoms with van der Waals surface area (Å²) in [6, 6.07) is 2.72. The Balaban J connectivity index is 2.15. The number of hydrogen-bond donors (Lipinski definition) is 1. The van der Waals surface area contributed by atoms with E-state index in [1.165, 1.54) is 20.9 Å². The molecule has 0 saturated heterocycles. The molecule has 0 aliphatic rings. The van der Waals surface area contributed by atoms with Crippen molar-refractivity contribution in [1.29, 1.82) is 0 Å². The largest absolute Gasteiger partial charge is 0.309 e. The molecule has 0 aromatic carbocycles. The van der Waals surface area contributed by atoms with Gasteiger partial charge in [0, 0.05) is 28.5 Å². The fraction of sp³-hybridized carbons (Fsp3) is 0.533. The van der Waals surface area contributed by atoms with Gasteiger partial charge in [-0.2, -0.15) is 5.10 Å². The average Bonchev–Trinajstić information content (AvgIpc) is 2.97. The molecule has 2 rings (SSSR count). The first kappa shape index (κ1) is 14.3. The van der Waals surface area contributed by atoms with Crippen LogP contribution in [0.25, 0.3) is 0 Å². The van der Waals surface area contributed by atoms with Gasteiger partial charge in [-0.05, 0) is 50.9 Å². The molecule has 1 atom stereocenters. The lowest BCUT2D eigenvalue weighted by molar-refractivity contribution is 0.557. The molecule has 1 unspecified atom stereocenters. The highest BCUT2D eigenvalue weighted by Crippen LogP contribution is 2.28. The van der Waals surface area contributed by atoms with Gasteiger partial charge in [-0.3, -0.25) is 4.68 Å². The second kappa shape index (κ2) is 6.35. The van der Waals surface area contributed by atoms with E-state index in [0.29, 0.717) is 6.04 Å². The quantitative estimate of drug-likeness (QED) is 0.876. The van der Waals surface area contributed by atoms with Crippen molar-refractivity contribution in [1.82, 2.24) is 15.1 Å². The molecule has 0 spiro atoms. The van der Waals surface area contributed by atoms with Gasteiger partial charge in [0.15, 0.2) is 0 Å². The minimum atomic E-state index is 0.400. The Bertz CT molecular complexity index is 508. The molecular formula is C15H23N3S. The van der Waals surface area contributed by atoms with Gasteiger partial charge in [-0.15, -0.1) is 11.3 Å². The summed E-state index contributed by atoms with van der Waals surface area (Å²) in [5.74, 6) is 0. The number of thiophene rings is 1. The van der Waals surface area contributed by atoms with E-state index in [1.54, 1.807) is 0 Å². The fourth-order valence-corrected chi connectivity index (χ4v) is 3.33. The number of nitrogens with zero attached hydrogens (tertiary/aromatic N) is 2. The van der Waals surface area contributed by atoms with Crippen molar-refractivity contribution in [2.75, 3.05) is 6.54 Å². The summed E-state index contributed by atoms with van der Waals surface area (Å²) >= 11 is 1.90. The van der Waals surface area contributed by atoms with Crippen LogP contribution in [0, 0.1) is 13.8 Å². The highest BCUT2D eigenvalue weighted by atomic mass is 32.1. The van der Waals surface area contributed by atoms with Crippen molar-refractivity contribution in [3.63, 3.8) is 0 Å². The summed E-state index contributed by atoms with van der Waals surface area (Å²) in [4.78, 5) is 2.85. The topological polar surface area (TPSA) is 29.9 Å². The van der Waals surface area contributed by atoms with Crippen molar-refractivity contribution in [3.05, 3.63) is 39.3 Å². The molecule has 2 aromatic rings. The molecule has 1 N–H and O–H groups in total. The Morgan fingerprint density at radius 2 is 2.16 bits per heavy atom. The summed E-state index contributed by atoms with van der Waals surface area (Å²) in [6.07, 6.45) is 5.14. The van der Waals surface area contributed by atoms with Gasteiger partial charge in [-0.25, -0.2) is 0 Å². The first-order valence-corrected chi connectivity index (χ1v) is 7.77. The predicted octanol–water partition coefficient (Wildman–Crippen LogP) is 3.47. The third-order valence-electron chi connectivity index (χ3n) is 3.43. The molecule has 3 nitrogen and oxygen atoms in total. The van der Waals surface area contributed by atoms with E-state index in [0.717, 1.165) is 19.5 Å². The molecular weight excluding hydrogens is 254 g/mol. The first-order chi connectivity index (χ1) is 9.13. The molecule has 19 heavy (non-hydrogen) atoms. The van der Waals surface area contributed by atoms with Crippen LogP contribution in [-0.2, 0) is 13.0 Å². The zero-order valence-corrected chi connectivity index (χ0v) is 13.0. The third kappa shape index (κ3) is 3.45. The molecule has 104 valence electrons. The van der Waals surface area contributed by atoms with Gasteiger partial charge in [0.1, 0.15) is 0 Å². The highest BCUT2D eigenvalue weighted by Gasteiger charge is 2.15. The Hall–Kier alpha value is -1.13. The molecule has 0 bridgehead atoms. The zero-order chi connectivity index (χ0) is 13.8. The second-order valence-electron chi connectivity index (χ2n) is 4.91. The molecule has 0 aliphatic carbocycles. The summed E-state index contributed by atoms with van der Waals surface area (Å²) in [5, 5.41) is 7.95. The Kier molecular flexibility index (Phi) is 4.77. The van der Waals surface area contributed by atoms with Gasteiger partial charge < -0.3 is 5.32 Å². The molecule has 0 fully saturated rings. The van der Waals surface area contributed by atoms with Gasteiger partial charge in [0.2, 0.25) is 0 Å². The Morgan fingerprint density at radius 3 is 2.68 bits per heavy atom. The van der Waals surface area contributed by atoms with Crippen molar-refractivity contribution >= 4 is 11.3 Å². The second-order valence-corrected chi connectivity index (χ2v) is 6.19. The monoisotopic (exact) mass is 277 g/mol. The lowest BCUT2D eigenvalue weighted by Gasteiger charge is -2.15. The van der Waals surface area contributed by atoms with Gasteiger partial charge >= 0.3 is 0 Å². The van der Waals surface area contributed by atoms with Crippen LogP contribution >= 0.6 is 11.3 Å². The highest BCUT2D eigenvalue weighted by molar-refractivity contribution is 7.12. The van der Waals surface area contributed by atoms with Crippen LogP contribution in [0.2, 0.25) is 0 Å². The van der Waals surface area contributed by atoms with Gasteiger partial charge in [0.25, 0.3) is 0 Å². The summed E-state index contributed by atoms with van der Waals surface area (Å²) in [6.45, 7) is 10.6. The van der Waals surface area contributed by atoms with Crippen LogP contribution in [0.5, 0.6) is 0 Å². The van der Waals surface area contributed by atoms with Crippen molar-refractivity contribution in [2.24, 2.45) is 0 Å². The van der Waals surface area contributed by atoms with Crippen LogP contribution in [0.15, 0.2) is 18.5 Å². The molecule has 0 saturated carbocycles. The van der Waals surface area contributed by atoms with Crippen molar-refractivity contribution in [2.45, 2.75) is 46.7 Å². The lowest BCUT2D eigenvalue weighted by Crippen LogP contribution is -2.21. The van der Waals surface area contributed by atoms with E-state index in [2.05, 4.69) is 50.4 Å². The lowest BCUT2D eigenvalue weighted by atomic mass is 10.1. The number of likely N-dealkylation sites (N-methyl/N-ethyl adjacent to an activating group) is 1. The minimum absolute atomic E-state index is 0.400. The number of aromatic nitrogens is 2. The van der Waals surface area contributed by atoms with E-state index in [4.69, 9.17) is 0 Å². The SMILES string of the molecule is CCNC(Cc1cnn(CC)c1)c1cc(C)c(C)s1. The van der Waals surface area contributed by atoms with E-state index in [9.17, 15) is 0 Å². The molecule has 0 aliphatic heterocycles. The van der Waals surface area contributed by atoms with E-state index in [1.807, 2.05) is 22.2 Å². The van der Waals surface area contributed by atoms with E-state index < -0.39 is 0 Å². The molecule has 2 aromatic heterocycles. The molecule has 0 radical (unpaired) electrons. The third-order valence-corrected chi connectivity index (χ3v) is 4.70. The predicted molar refractivity (Wildman–Crippen MR) is 81.8 cm³/mol. The average molecular weight is 277 g/mol. The molecule has 4 heteroatoms. The molecule has 2 heterocycles. The van der Waals surface area contributed by atoms with Crippen LogP contribution < -0.4 is 5.32 Å². The fourth-order valence-electron chi connectivity index (χ4n) is 2.21. The minimum Gasteiger partial charge on any atom is -0.309 e. The maximum Gasteiger partial charge on any atom is 0.0522 e. The van der Waals surface area contributed by atoms with E-state index in [-0.39, 0.29) is 0 Å². The first-order valence-electron chi connectivity index (χ1n) is 6.95. The van der Waals surface area contributed by atoms with Crippen LogP contribution in [0.4, 0.5) is 0 Å². The van der Waals surface area contributed by atoms with Gasteiger partial charge in [0.05, 0.1) is 6.20 Å². The smallest absolute Gasteiger partial charge is 0.0522 e. The van der Waals surface area contributed by atoms with Crippen LogP contribution in [0.3, 0.4) is 0 Å². The number of hydrogen-bond acceptors (Lipinski definition) is 3. The zero-order valence-electron chi connectivity index (χ0n) is 12.2. The standard InChI is InChI=1S/C15H23N3S/c1-5-16-14(15-7-11(3)12(4)19-15)8-13-9-17-18(6-2)10-13/h7,9-10,14,16H,5-6,8H2,1-4H3. The number of aryl methyl sites for hydroxylation is 3. The molecule has 0 amide bonds.